The Hall–Kier alpha value is -2.14. The summed E-state index contributed by atoms with van der Waals surface area (Å²) >= 11 is 6.10. The Morgan fingerprint density at radius 1 is 1.37 bits per heavy atom. The van der Waals surface area contributed by atoms with Gasteiger partial charge in [0.05, 0.1) is 6.54 Å². The molecule has 0 fully saturated rings. The van der Waals surface area contributed by atoms with Crippen LogP contribution in [0.3, 0.4) is 0 Å². The molecule has 1 N–H and O–H groups in total. The molecular weight excluding hydrogens is 264 g/mol. The smallest absolute Gasteiger partial charge is 0.262 e. The lowest BCUT2D eigenvalue weighted by Gasteiger charge is -2.03. The normalized spacial score (nSPS) is 11.1. The van der Waals surface area contributed by atoms with Crippen LogP contribution in [0.5, 0.6) is 0 Å². The van der Waals surface area contributed by atoms with Crippen molar-refractivity contribution in [1.29, 1.82) is 0 Å². The summed E-state index contributed by atoms with van der Waals surface area (Å²) < 4.78 is 1.67. The van der Waals surface area contributed by atoms with Crippen molar-refractivity contribution in [1.82, 2.24) is 19.7 Å². The summed E-state index contributed by atoms with van der Waals surface area (Å²) in [6.45, 7) is 2.24. The van der Waals surface area contributed by atoms with Gasteiger partial charge in [0.15, 0.2) is 5.65 Å². The van der Waals surface area contributed by atoms with Crippen LogP contribution in [0.15, 0.2) is 35.3 Å². The van der Waals surface area contributed by atoms with Crippen molar-refractivity contribution in [2.45, 2.75) is 13.5 Å². The average molecular weight is 275 g/mol. The second kappa shape index (κ2) is 4.51. The molecule has 2 aromatic heterocycles. The summed E-state index contributed by atoms with van der Waals surface area (Å²) in [5.41, 5.74) is 1.23. The van der Waals surface area contributed by atoms with Crippen molar-refractivity contribution >= 4 is 22.6 Å². The minimum Gasteiger partial charge on any atom is -0.310 e. The molecule has 3 aromatic rings. The van der Waals surface area contributed by atoms with Gasteiger partial charge in [0.1, 0.15) is 11.2 Å². The van der Waals surface area contributed by atoms with Crippen molar-refractivity contribution in [2.75, 3.05) is 0 Å². The van der Waals surface area contributed by atoms with Crippen molar-refractivity contribution in [2.24, 2.45) is 0 Å². The SMILES string of the molecule is Cc1nc2nn(Cc3ccccc3Cl)cc2c(=O)[nH]1. The van der Waals surface area contributed by atoms with Crippen molar-refractivity contribution in [3.05, 3.63) is 57.2 Å². The number of halogens is 1. The van der Waals surface area contributed by atoms with E-state index in [2.05, 4.69) is 15.1 Å². The molecule has 0 saturated carbocycles. The molecule has 0 saturated heterocycles. The molecule has 0 radical (unpaired) electrons. The Balaban J connectivity index is 2.05. The zero-order valence-corrected chi connectivity index (χ0v) is 11.0. The maximum atomic E-state index is 11.8. The number of nitrogens with one attached hydrogen (secondary N) is 1. The predicted octanol–water partition coefficient (Wildman–Crippen LogP) is 2.13. The van der Waals surface area contributed by atoms with Crippen LogP contribution in [0.25, 0.3) is 11.0 Å². The lowest BCUT2D eigenvalue weighted by atomic mass is 10.2. The van der Waals surface area contributed by atoms with Gasteiger partial charge in [-0.3, -0.25) is 9.48 Å². The van der Waals surface area contributed by atoms with E-state index < -0.39 is 0 Å². The van der Waals surface area contributed by atoms with Crippen LogP contribution in [-0.2, 0) is 6.54 Å². The Morgan fingerprint density at radius 2 is 2.16 bits per heavy atom. The highest BCUT2D eigenvalue weighted by Crippen LogP contribution is 2.16. The summed E-state index contributed by atoms with van der Waals surface area (Å²) in [4.78, 5) is 18.6. The molecule has 0 amide bonds. The van der Waals surface area contributed by atoms with E-state index in [0.29, 0.717) is 28.4 Å². The van der Waals surface area contributed by atoms with Crippen LogP contribution in [0, 0.1) is 6.92 Å². The highest BCUT2D eigenvalue weighted by Gasteiger charge is 2.08. The molecule has 0 atom stereocenters. The minimum absolute atomic E-state index is 0.173. The summed E-state index contributed by atoms with van der Waals surface area (Å²) in [7, 11) is 0. The Morgan fingerprint density at radius 3 is 2.95 bits per heavy atom. The largest absolute Gasteiger partial charge is 0.310 e. The van der Waals surface area contributed by atoms with Gasteiger partial charge in [-0.05, 0) is 18.6 Å². The number of aromatic nitrogens is 4. The van der Waals surface area contributed by atoms with Crippen molar-refractivity contribution in [3.63, 3.8) is 0 Å². The quantitative estimate of drug-likeness (QED) is 0.779. The molecule has 0 spiro atoms. The van der Waals surface area contributed by atoms with E-state index in [1.807, 2.05) is 24.3 Å². The summed E-state index contributed by atoms with van der Waals surface area (Å²) in [5.74, 6) is 0.556. The molecular formula is C13H11ClN4O. The van der Waals surface area contributed by atoms with Gasteiger partial charge in [0.2, 0.25) is 0 Å². The standard InChI is InChI=1S/C13H11ClN4O/c1-8-15-12-10(13(19)16-8)7-18(17-12)6-9-4-2-3-5-11(9)14/h2-5,7H,6H2,1H3,(H,15,16,17,19). The molecule has 0 unspecified atom stereocenters. The highest BCUT2D eigenvalue weighted by atomic mass is 35.5. The van der Waals surface area contributed by atoms with Gasteiger partial charge >= 0.3 is 0 Å². The van der Waals surface area contributed by atoms with Crippen LogP contribution < -0.4 is 5.56 Å². The number of fused-ring (bicyclic) bond motifs is 1. The fourth-order valence-corrected chi connectivity index (χ4v) is 2.15. The average Bonchev–Trinajstić information content (AvgIpc) is 2.75. The van der Waals surface area contributed by atoms with Gasteiger partial charge in [-0.25, -0.2) is 4.98 Å². The number of rotatable bonds is 2. The summed E-state index contributed by atoms with van der Waals surface area (Å²) in [5, 5.41) is 5.46. The molecule has 5 nitrogen and oxygen atoms in total. The second-order valence-electron chi connectivity index (χ2n) is 4.31. The third-order valence-electron chi connectivity index (χ3n) is 2.85. The first-order valence-electron chi connectivity index (χ1n) is 5.81. The Labute approximate surface area is 113 Å². The number of benzene rings is 1. The summed E-state index contributed by atoms with van der Waals surface area (Å²) in [6.07, 6.45) is 1.68. The third kappa shape index (κ3) is 2.24. The Kier molecular flexibility index (Phi) is 2.83. The van der Waals surface area contributed by atoms with E-state index in [1.165, 1.54) is 0 Å². The van der Waals surface area contributed by atoms with Crippen LogP contribution >= 0.6 is 11.6 Å². The van der Waals surface area contributed by atoms with E-state index in [1.54, 1.807) is 17.8 Å². The molecule has 96 valence electrons. The maximum Gasteiger partial charge on any atom is 0.262 e. The lowest BCUT2D eigenvalue weighted by Crippen LogP contribution is -2.08. The number of nitrogens with zero attached hydrogens (tertiary/aromatic N) is 3. The van der Waals surface area contributed by atoms with E-state index in [9.17, 15) is 4.79 Å². The van der Waals surface area contributed by atoms with Gasteiger partial charge in [-0.1, -0.05) is 29.8 Å². The first kappa shape index (κ1) is 11.9. The second-order valence-corrected chi connectivity index (χ2v) is 4.71. The minimum atomic E-state index is -0.173. The van der Waals surface area contributed by atoms with Crippen molar-refractivity contribution in [3.8, 4) is 0 Å². The first-order chi connectivity index (χ1) is 9.13. The molecule has 19 heavy (non-hydrogen) atoms. The molecule has 0 bridgehead atoms. The molecule has 6 heteroatoms. The maximum absolute atomic E-state index is 11.8. The fraction of sp³-hybridized carbons (Fsp3) is 0.154. The van der Waals surface area contributed by atoms with Crippen LogP contribution in [0.4, 0.5) is 0 Å². The zero-order valence-electron chi connectivity index (χ0n) is 10.2. The van der Waals surface area contributed by atoms with Gasteiger partial charge in [0, 0.05) is 11.2 Å². The summed E-state index contributed by atoms with van der Waals surface area (Å²) in [6, 6.07) is 7.55. The molecule has 2 heterocycles. The van der Waals surface area contributed by atoms with E-state index in [-0.39, 0.29) is 5.56 Å². The Bertz CT molecular complexity index is 806. The van der Waals surface area contributed by atoms with Gasteiger partial charge in [-0.15, -0.1) is 0 Å². The topological polar surface area (TPSA) is 63.6 Å². The molecule has 0 aliphatic rings. The third-order valence-corrected chi connectivity index (χ3v) is 3.21. The number of H-pyrrole nitrogens is 1. The fourth-order valence-electron chi connectivity index (χ4n) is 1.95. The lowest BCUT2D eigenvalue weighted by molar-refractivity contribution is 0.693. The number of hydrogen-bond donors (Lipinski definition) is 1. The predicted molar refractivity (Wildman–Crippen MR) is 73.4 cm³/mol. The molecule has 3 rings (SSSR count). The van der Waals surface area contributed by atoms with E-state index in [0.717, 1.165) is 5.56 Å². The number of hydrogen-bond acceptors (Lipinski definition) is 3. The number of aromatic amines is 1. The van der Waals surface area contributed by atoms with Gasteiger partial charge in [-0.2, -0.15) is 5.10 Å². The van der Waals surface area contributed by atoms with E-state index in [4.69, 9.17) is 11.6 Å². The van der Waals surface area contributed by atoms with Crippen LogP contribution in [0.1, 0.15) is 11.4 Å². The first-order valence-corrected chi connectivity index (χ1v) is 6.19. The zero-order chi connectivity index (χ0) is 13.4. The number of aryl methyl sites for hydroxylation is 1. The van der Waals surface area contributed by atoms with Gasteiger partial charge in [0.25, 0.3) is 5.56 Å². The highest BCUT2D eigenvalue weighted by molar-refractivity contribution is 6.31. The van der Waals surface area contributed by atoms with Crippen LogP contribution in [0.2, 0.25) is 5.02 Å². The van der Waals surface area contributed by atoms with E-state index >= 15 is 0 Å². The molecule has 0 aliphatic carbocycles. The molecule has 1 aromatic carbocycles. The van der Waals surface area contributed by atoms with Gasteiger partial charge < -0.3 is 4.98 Å². The molecule has 0 aliphatic heterocycles. The van der Waals surface area contributed by atoms with Crippen LogP contribution in [-0.4, -0.2) is 19.7 Å². The van der Waals surface area contributed by atoms with Crippen molar-refractivity contribution < 1.29 is 0 Å². The monoisotopic (exact) mass is 274 g/mol.